The minimum atomic E-state index is -0.663. The molecule has 1 unspecified atom stereocenters. The van der Waals surface area contributed by atoms with Crippen molar-refractivity contribution in [2.75, 3.05) is 0 Å². The van der Waals surface area contributed by atoms with E-state index in [1.807, 2.05) is 19.1 Å². The molecule has 0 heterocycles. The van der Waals surface area contributed by atoms with Gasteiger partial charge in [-0.05, 0) is 42.9 Å². The fourth-order valence-electron chi connectivity index (χ4n) is 1.99. The molecule has 1 saturated carbocycles. The third-order valence-electron chi connectivity index (χ3n) is 3.83. The zero-order valence-electron chi connectivity index (χ0n) is 9.56. The predicted molar refractivity (Wildman–Crippen MR) is 68.1 cm³/mol. The Kier molecular flexibility index (Phi) is 2.98. The first-order valence-electron chi connectivity index (χ1n) is 5.50. The van der Waals surface area contributed by atoms with Gasteiger partial charge < -0.3 is 5.11 Å². The standard InChI is InChI=1S/C13H16Cl2O/c1-12(5-6-12)13(2,16)8-9-3-4-10(14)11(15)7-9/h3-4,7,16H,5-6,8H2,1-2H3. The zero-order valence-corrected chi connectivity index (χ0v) is 11.1. The maximum absolute atomic E-state index is 10.5. The van der Waals surface area contributed by atoms with Gasteiger partial charge in [0.05, 0.1) is 15.6 Å². The van der Waals surface area contributed by atoms with Crippen molar-refractivity contribution in [1.82, 2.24) is 0 Å². The smallest absolute Gasteiger partial charge is 0.0713 e. The number of hydrogen-bond donors (Lipinski definition) is 1. The third kappa shape index (κ3) is 2.22. The van der Waals surface area contributed by atoms with Crippen molar-refractivity contribution in [2.24, 2.45) is 5.41 Å². The van der Waals surface area contributed by atoms with Crippen LogP contribution in [0.1, 0.15) is 32.3 Å². The Balaban J connectivity index is 2.17. The average Bonchev–Trinajstić information content (AvgIpc) is 2.91. The van der Waals surface area contributed by atoms with Gasteiger partial charge in [0.15, 0.2) is 0 Å². The van der Waals surface area contributed by atoms with Crippen LogP contribution in [0, 0.1) is 5.41 Å². The minimum Gasteiger partial charge on any atom is -0.389 e. The van der Waals surface area contributed by atoms with E-state index in [1.54, 1.807) is 6.07 Å². The predicted octanol–water partition coefficient (Wildman–Crippen LogP) is 4.09. The zero-order chi connectivity index (χ0) is 12.0. The maximum atomic E-state index is 10.5. The van der Waals surface area contributed by atoms with Crippen molar-refractivity contribution in [3.63, 3.8) is 0 Å². The highest BCUT2D eigenvalue weighted by molar-refractivity contribution is 6.42. The molecule has 0 radical (unpaired) electrons. The van der Waals surface area contributed by atoms with Crippen molar-refractivity contribution in [1.29, 1.82) is 0 Å². The summed E-state index contributed by atoms with van der Waals surface area (Å²) in [4.78, 5) is 0. The summed E-state index contributed by atoms with van der Waals surface area (Å²) in [7, 11) is 0. The van der Waals surface area contributed by atoms with E-state index in [-0.39, 0.29) is 5.41 Å². The van der Waals surface area contributed by atoms with E-state index < -0.39 is 5.60 Å². The Morgan fingerprint density at radius 3 is 2.44 bits per heavy atom. The third-order valence-corrected chi connectivity index (χ3v) is 4.57. The van der Waals surface area contributed by atoms with Crippen LogP contribution in [0.3, 0.4) is 0 Å². The van der Waals surface area contributed by atoms with Crippen LogP contribution in [0.4, 0.5) is 0 Å². The van der Waals surface area contributed by atoms with E-state index in [0.717, 1.165) is 18.4 Å². The molecule has 1 aromatic rings. The Labute approximate surface area is 106 Å². The first-order valence-corrected chi connectivity index (χ1v) is 6.26. The molecule has 3 heteroatoms. The van der Waals surface area contributed by atoms with Crippen LogP contribution in [0.2, 0.25) is 10.0 Å². The highest BCUT2D eigenvalue weighted by Gasteiger charge is 2.51. The SMILES string of the molecule is CC(O)(Cc1ccc(Cl)c(Cl)c1)C1(C)CC1. The lowest BCUT2D eigenvalue weighted by atomic mass is 9.82. The number of halogens is 2. The first kappa shape index (κ1) is 12.2. The molecule has 1 aromatic carbocycles. The van der Waals surface area contributed by atoms with Crippen molar-refractivity contribution >= 4 is 23.2 Å². The topological polar surface area (TPSA) is 20.2 Å². The Bertz CT molecular complexity index is 408. The van der Waals surface area contributed by atoms with Crippen LogP contribution < -0.4 is 0 Å². The average molecular weight is 259 g/mol. The number of aliphatic hydroxyl groups is 1. The van der Waals surface area contributed by atoms with Gasteiger partial charge in [-0.15, -0.1) is 0 Å². The van der Waals surface area contributed by atoms with Crippen molar-refractivity contribution in [3.05, 3.63) is 33.8 Å². The molecule has 0 amide bonds. The van der Waals surface area contributed by atoms with Gasteiger partial charge in [0.25, 0.3) is 0 Å². The summed E-state index contributed by atoms with van der Waals surface area (Å²) in [5.41, 5.74) is 0.441. The maximum Gasteiger partial charge on any atom is 0.0713 e. The van der Waals surface area contributed by atoms with E-state index in [4.69, 9.17) is 23.2 Å². The van der Waals surface area contributed by atoms with E-state index in [0.29, 0.717) is 16.5 Å². The Morgan fingerprint density at radius 2 is 1.94 bits per heavy atom. The van der Waals surface area contributed by atoms with Gasteiger partial charge in [0.2, 0.25) is 0 Å². The first-order chi connectivity index (χ1) is 7.34. The summed E-state index contributed by atoms with van der Waals surface area (Å²) in [5, 5.41) is 11.6. The van der Waals surface area contributed by atoms with Crippen molar-refractivity contribution in [2.45, 2.75) is 38.7 Å². The highest BCUT2D eigenvalue weighted by atomic mass is 35.5. The second-order valence-electron chi connectivity index (χ2n) is 5.26. The summed E-state index contributed by atoms with van der Waals surface area (Å²) in [6.07, 6.45) is 2.82. The minimum absolute atomic E-state index is 0.0686. The molecule has 88 valence electrons. The van der Waals surface area contributed by atoms with Gasteiger partial charge in [0, 0.05) is 6.42 Å². The molecule has 1 fully saturated rings. The summed E-state index contributed by atoms with van der Waals surface area (Å²) < 4.78 is 0. The lowest BCUT2D eigenvalue weighted by Gasteiger charge is -2.30. The normalized spacial score (nSPS) is 21.6. The van der Waals surface area contributed by atoms with E-state index in [1.165, 1.54) is 0 Å². The molecule has 1 aliphatic carbocycles. The van der Waals surface area contributed by atoms with Crippen LogP contribution in [0.25, 0.3) is 0 Å². The molecule has 0 bridgehead atoms. The largest absolute Gasteiger partial charge is 0.389 e. The highest BCUT2D eigenvalue weighted by Crippen LogP contribution is 2.54. The monoisotopic (exact) mass is 258 g/mol. The van der Waals surface area contributed by atoms with Crippen LogP contribution in [-0.4, -0.2) is 10.7 Å². The molecule has 0 spiro atoms. The molecule has 16 heavy (non-hydrogen) atoms. The molecule has 0 aliphatic heterocycles. The molecule has 0 saturated heterocycles. The molecule has 1 nitrogen and oxygen atoms in total. The summed E-state index contributed by atoms with van der Waals surface area (Å²) >= 11 is 11.8. The molecule has 0 aromatic heterocycles. The van der Waals surface area contributed by atoms with Gasteiger partial charge in [-0.25, -0.2) is 0 Å². The van der Waals surface area contributed by atoms with Gasteiger partial charge in [-0.3, -0.25) is 0 Å². The van der Waals surface area contributed by atoms with E-state index in [2.05, 4.69) is 6.92 Å². The van der Waals surface area contributed by atoms with Crippen LogP contribution in [0.5, 0.6) is 0 Å². The molecule has 1 N–H and O–H groups in total. The molecular weight excluding hydrogens is 243 g/mol. The fraction of sp³-hybridized carbons (Fsp3) is 0.538. The van der Waals surface area contributed by atoms with Crippen LogP contribution in [0.15, 0.2) is 18.2 Å². The van der Waals surface area contributed by atoms with Gasteiger partial charge in [-0.2, -0.15) is 0 Å². The van der Waals surface area contributed by atoms with Gasteiger partial charge >= 0.3 is 0 Å². The van der Waals surface area contributed by atoms with Crippen molar-refractivity contribution in [3.8, 4) is 0 Å². The second kappa shape index (κ2) is 3.90. The lowest BCUT2D eigenvalue weighted by molar-refractivity contribution is -0.00701. The Hall–Kier alpha value is -0.240. The second-order valence-corrected chi connectivity index (χ2v) is 6.07. The molecule has 1 atom stereocenters. The van der Waals surface area contributed by atoms with Crippen LogP contribution in [-0.2, 0) is 6.42 Å². The Morgan fingerprint density at radius 1 is 1.31 bits per heavy atom. The summed E-state index contributed by atoms with van der Waals surface area (Å²) in [6.45, 7) is 4.03. The van der Waals surface area contributed by atoms with Gasteiger partial charge in [-0.1, -0.05) is 36.2 Å². The van der Waals surface area contributed by atoms with E-state index >= 15 is 0 Å². The van der Waals surface area contributed by atoms with Crippen LogP contribution >= 0.6 is 23.2 Å². The number of rotatable bonds is 3. The fourth-order valence-corrected chi connectivity index (χ4v) is 2.31. The van der Waals surface area contributed by atoms with Gasteiger partial charge in [0.1, 0.15) is 0 Å². The molecule has 1 aliphatic rings. The summed E-state index contributed by atoms with van der Waals surface area (Å²) in [5.74, 6) is 0. The molecule has 2 rings (SSSR count). The number of hydrogen-bond acceptors (Lipinski definition) is 1. The molecular formula is C13H16Cl2O. The lowest BCUT2D eigenvalue weighted by Crippen LogP contribution is -2.36. The number of benzene rings is 1. The summed E-state index contributed by atoms with van der Waals surface area (Å²) in [6, 6.07) is 5.54. The van der Waals surface area contributed by atoms with Crippen molar-refractivity contribution < 1.29 is 5.11 Å². The van der Waals surface area contributed by atoms with E-state index in [9.17, 15) is 5.11 Å². The quantitative estimate of drug-likeness (QED) is 0.866.